The van der Waals surface area contributed by atoms with Crippen molar-refractivity contribution in [2.45, 2.75) is 70.4 Å². The number of aliphatic hydroxyl groups is 1. The first kappa shape index (κ1) is 26.9. The molecule has 2 atom stereocenters. The van der Waals surface area contributed by atoms with Crippen molar-refractivity contribution in [2.75, 3.05) is 19.6 Å². The van der Waals surface area contributed by atoms with Gasteiger partial charge < -0.3 is 26.2 Å². The van der Waals surface area contributed by atoms with Crippen LogP contribution in [-0.4, -0.2) is 63.2 Å². The van der Waals surface area contributed by atoms with Gasteiger partial charge in [-0.05, 0) is 99.7 Å². The Morgan fingerprint density at radius 2 is 1.97 bits per heavy atom. The molecule has 0 radical (unpaired) electrons. The Kier molecular flexibility index (Phi) is 8.04. The predicted octanol–water partition coefficient (Wildman–Crippen LogP) is 1.56. The van der Waals surface area contributed by atoms with Crippen molar-refractivity contribution in [1.29, 1.82) is 0 Å². The summed E-state index contributed by atoms with van der Waals surface area (Å²) in [5.41, 5.74) is 6.78. The van der Waals surface area contributed by atoms with E-state index in [2.05, 4.69) is 22.1 Å². The highest BCUT2D eigenvalue weighted by molar-refractivity contribution is 5.96. The summed E-state index contributed by atoms with van der Waals surface area (Å²) in [5.74, 6) is -0.503. The summed E-state index contributed by atoms with van der Waals surface area (Å²) in [7, 11) is 0. The van der Waals surface area contributed by atoms with Crippen LogP contribution in [0.15, 0.2) is 29.1 Å². The number of aromatic amines is 1. The molecule has 1 aromatic heterocycles. The smallest absolute Gasteiger partial charge is 0.261 e. The lowest BCUT2D eigenvalue weighted by molar-refractivity contribution is -0.117. The van der Waals surface area contributed by atoms with Crippen LogP contribution in [0, 0.1) is 12.8 Å². The van der Waals surface area contributed by atoms with Crippen molar-refractivity contribution in [3.63, 3.8) is 0 Å². The Balaban J connectivity index is 1.64. The van der Waals surface area contributed by atoms with E-state index in [4.69, 9.17) is 5.73 Å². The standard InChI is InChI=1S/C28H38N4O5/c1-17-4-8-22(33)12-20(17)7-9-24-21(13-23(27(36)31-24)26(35)30-15-25(29)34)14-28(37)10-3-11-32(18(28)2)16-19-5-6-19/h4,8,12-13,18-19,33,37H,3,5-7,9-11,14-16H2,1-2H3,(H2,29,34)(H,30,35)(H,31,36). The Hall–Kier alpha value is -3.17. The number of likely N-dealkylation sites (tertiary alicyclic amines) is 1. The van der Waals surface area contributed by atoms with Gasteiger partial charge in [0.1, 0.15) is 11.3 Å². The zero-order chi connectivity index (χ0) is 26.7. The number of pyridine rings is 1. The van der Waals surface area contributed by atoms with Crippen LogP contribution in [0.5, 0.6) is 5.75 Å². The highest BCUT2D eigenvalue weighted by atomic mass is 16.3. The molecule has 1 saturated carbocycles. The number of carbonyl (C=O) groups is 2. The number of benzene rings is 1. The lowest BCUT2D eigenvalue weighted by Gasteiger charge is -2.46. The van der Waals surface area contributed by atoms with Crippen molar-refractivity contribution in [2.24, 2.45) is 11.7 Å². The summed E-state index contributed by atoms with van der Waals surface area (Å²) >= 11 is 0. The van der Waals surface area contributed by atoms with E-state index in [1.165, 1.54) is 12.8 Å². The SMILES string of the molecule is Cc1ccc(O)cc1CCc1[nH]c(=O)c(C(=O)NCC(N)=O)cc1CC1(O)CCCN(CC2CC2)C1C. The van der Waals surface area contributed by atoms with Gasteiger partial charge in [0.2, 0.25) is 5.91 Å². The van der Waals surface area contributed by atoms with Crippen LogP contribution >= 0.6 is 0 Å². The highest BCUT2D eigenvalue weighted by Gasteiger charge is 2.42. The Morgan fingerprint density at radius 3 is 2.68 bits per heavy atom. The monoisotopic (exact) mass is 510 g/mol. The number of carbonyl (C=O) groups excluding carboxylic acids is 2. The molecule has 4 rings (SSSR count). The molecule has 2 fully saturated rings. The zero-order valence-corrected chi connectivity index (χ0v) is 21.7. The molecular formula is C28H38N4O5. The number of aryl methyl sites for hydroxylation is 3. The topological polar surface area (TPSA) is 149 Å². The van der Waals surface area contributed by atoms with Crippen molar-refractivity contribution in [3.8, 4) is 5.75 Å². The van der Waals surface area contributed by atoms with Crippen LogP contribution in [0.1, 0.15) is 65.3 Å². The molecule has 2 amide bonds. The molecule has 37 heavy (non-hydrogen) atoms. The summed E-state index contributed by atoms with van der Waals surface area (Å²) in [6.07, 6.45) is 5.31. The van der Waals surface area contributed by atoms with Gasteiger partial charge in [0.15, 0.2) is 0 Å². The minimum atomic E-state index is -1.01. The van der Waals surface area contributed by atoms with Gasteiger partial charge >= 0.3 is 0 Å². The summed E-state index contributed by atoms with van der Waals surface area (Å²) in [5, 5.41) is 24.1. The minimum Gasteiger partial charge on any atom is -0.508 e. The molecule has 0 bridgehead atoms. The molecule has 1 aromatic carbocycles. The number of primary amides is 1. The number of hydrogen-bond acceptors (Lipinski definition) is 6. The number of phenolic OH excluding ortho intramolecular Hbond substituents is 1. The molecule has 2 aromatic rings. The quantitative estimate of drug-likeness (QED) is 0.328. The van der Waals surface area contributed by atoms with E-state index < -0.39 is 23.0 Å². The molecule has 1 aliphatic carbocycles. The van der Waals surface area contributed by atoms with Crippen molar-refractivity contribution < 1.29 is 19.8 Å². The van der Waals surface area contributed by atoms with Gasteiger partial charge in [0, 0.05) is 24.7 Å². The van der Waals surface area contributed by atoms with E-state index in [0.717, 1.165) is 30.6 Å². The molecule has 2 unspecified atom stereocenters. The van der Waals surface area contributed by atoms with E-state index in [0.29, 0.717) is 36.4 Å². The van der Waals surface area contributed by atoms with Crippen molar-refractivity contribution in [3.05, 3.63) is 62.6 Å². The summed E-state index contributed by atoms with van der Waals surface area (Å²) in [6.45, 7) is 5.59. The minimum absolute atomic E-state index is 0.0675. The fourth-order valence-electron chi connectivity index (χ4n) is 5.39. The summed E-state index contributed by atoms with van der Waals surface area (Å²) in [6, 6.07) is 6.68. The maximum absolute atomic E-state index is 12.9. The van der Waals surface area contributed by atoms with Gasteiger partial charge in [-0.25, -0.2) is 0 Å². The molecule has 1 aliphatic heterocycles. The number of piperidine rings is 1. The highest BCUT2D eigenvalue weighted by Crippen LogP contribution is 2.36. The number of nitrogens with zero attached hydrogens (tertiary/aromatic N) is 1. The van der Waals surface area contributed by atoms with Crippen LogP contribution in [0.25, 0.3) is 0 Å². The number of nitrogens with one attached hydrogen (secondary N) is 2. The third-order valence-corrected chi connectivity index (χ3v) is 7.93. The number of phenols is 1. The van der Waals surface area contributed by atoms with E-state index >= 15 is 0 Å². The van der Waals surface area contributed by atoms with E-state index in [9.17, 15) is 24.6 Å². The maximum atomic E-state index is 12.9. The Labute approximate surface area is 217 Å². The van der Waals surface area contributed by atoms with Gasteiger partial charge in [-0.3, -0.25) is 19.3 Å². The fourth-order valence-corrected chi connectivity index (χ4v) is 5.39. The Bertz CT molecular complexity index is 1220. The van der Waals surface area contributed by atoms with Gasteiger partial charge in [0.25, 0.3) is 11.5 Å². The van der Waals surface area contributed by atoms with E-state index in [-0.39, 0.29) is 30.3 Å². The lowest BCUT2D eigenvalue weighted by Crippen LogP contribution is -2.57. The second-order valence-electron chi connectivity index (χ2n) is 10.8. The number of aromatic hydroxyl groups is 1. The molecular weight excluding hydrogens is 472 g/mol. The number of hydrogen-bond donors (Lipinski definition) is 5. The van der Waals surface area contributed by atoms with Crippen LogP contribution in [0.2, 0.25) is 0 Å². The zero-order valence-electron chi connectivity index (χ0n) is 21.7. The van der Waals surface area contributed by atoms with Gasteiger partial charge in [-0.1, -0.05) is 6.07 Å². The normalized spacial score (nSPS) is 22.1. The van der Waals surface area contributed by atoms with Gasteiger partial charge in [0.05, 0.1) is 12.1 Å². The van der Waals surface area contributed by atoms with Crippen LogP contribution in [0.3, 0.4) is 0 Å². The third kappa shape index (κ3) is 6.59. The first-order valence-corrected chi connectivity index (χ1v) is 13.1. The summed E-state index contributed by atoms with van der Waals surface area (Å²) < 4.78 is 0. The average Bonchev–Trinajstić information content (AvgIpc) is 3.66. The predicted molar refractivity (Wildman–Crippen MR) is 140 cm³/mol. The first-order chi connectivity index (χ1) is 17.6. The average molecular weight is 511 g/mol. The molecule has 0 spiro atoms. The van der Waals surface area contributed by atoms with Gasteiger partial charge in [-0.2, -0.15) is 0 Å². The van der Waals surface area contributed by atoms with E-state index in [1.54, 1.807) is 18.2 Å². The van der Waals surface area contributed by atoms with Crippen LogP contribution in [0.4, 0.5) is 0 Å². The lowest BCUT2D eigenvalue weighted by atomic mass is 9.79. The molecule has 200 valence electrons. The number of rotatable bonds is 10. The molecule has 1 saturated heterocycles. The van der Waals surface area contributed by atoms with Crippen LogP contribution in [-0.2, 0) is 24.1 Å². The fraction of sp³-hybridized carbons (Fsp3) is 0.536. The molecule has 2 heterocycles. The number of H-pyrrole nitrogens is 1. The van der Waals surface area contributed by atoms with E-state index in [1.807, 2.05) is 13.0 Å². The number of amides is 2. The summed E-state index contributed by atoms with van der Waals surface area (Å²) in [4.78, 5) is 41.9. The molecule has 9 nitrogen and oxygen atoms in total. The van der Waals surface area contributed by atoms with Crippen molar-refractivity contribution in [1.82, 2.24) is 15.2 Å². The number of nitrogens with two attached hydrogens (primary N) is 1. The maximum Gasteiger partial charge on any atom is 0.261 e. The number of aromatic nitrogens is 1. The second kappa shape index (κ2) is 11.1. The first-order valence-electron chi connectivity index (χ1n) is 13.1. The van der Waals surface area contributed by atoms with Gasteiger partial charge in [-0.15, -0.1) is 0 Å². The third-order valence-electron chi connectivity index (χ3n) is 7.93. The largest absolute Gasteiger partial charge is 0.508 e. The Morgan fingerprint density at radius 1 is 1.22 bits per heavy atom. The molecule has 9 heteroatoms. The van der Waals surface area contributed by atoms with Crippen LogP contribution < -0.4 is 16.6 Å². The molecule has 6 N–H and O–H groups in total. The van der Waals surface area contributed by atoms with Crippen molar-refractivity contribution >= 4 is 11.8 Å². The molecule has 2 aliphatic rings. The second-order valence-corrected chi connectivity index (χ2v) is 10.8.